The van der Waals surface area contributed by atoms with Gasteiger partial charge in [-0.1, -0.05) is 84.9 Å². The highest BCUT2D eigenvalue weighted by Gasteiger charge is 2.32. The van der Waals surface area contributed by atoms with Gasteiger partial charge in [0, 0.05) is 22.2 Å². The molecule has 2 heterocycles. The number of pyridine rings is 1. The maximum Gasteiger partial charge on any atom is 0.190 e. The van der Waals surface area contributed by atoms with Crippen LogP contribution in [-0.4, -0.2) is 9.61 Å². The molecule has 0 N–H and O–H groups in total. The van der Waals surface area contributed by atoms with E-state index in [0.29, 0.717) is 5.44 Å². The molecule has 0 aliphatic heterocycles. The highest BCUT2D eigenvalue weighted by atomic mass is 31.2. The van der Waals surface area contributed by atoms with E-state index in [1.165, 1.54) is 0 Å². The van der Waals surface area contributed by atoms with E-state index in [4.69, 9.17) is 5.10 Å². The van der Waals surface area contributed by atoms with Crippen molar-refractivity contribution in [2.45, 2.75) is 0 Å². The van der Waals surface area contributed by atoms with Crippen LogP contribution in [0, 0.1) is 0 Å². The molecule has 2 aromatic heterocycles. The molecule has 4 heteroatoms. The van der Waals surface area contributed by atoms with Gasteiger partial charge < -0.3 is 4.57 Å². The summed E-state index contributed by atoms with van der Waals surface area (Å²) >= 11 is 0. The highest BCUT2D eigenvalue weighted by molar-refractivity contribution is 7.85. The average molecular weight is 368 g/mol. The molecule has 0 fully saturated rings. The number of hydrogen-bond donors (Lipinski definition) is 0. The summed E-state index contributed by atoms with van der Waals surface area (Å²) in [5, 5.41) is 8.58. The van der Waals surface area contributed by atoms with Crippen LogP contribution in [0.5, 0.6) is 0 Å². The smallest absolute Gasteiger partial charge is 0.190 e. The maximum absolute atomic E-state index is 14.4. The van der Waals surface area contributed by atoms with Crippen LogP contribution < -0.4 is 16.0 Å². The lowest BCUT2D eigenvalue weighted by Crippen LogP contribution is -2.26. The van der Waals surface area contributed by atoms with Crippen molar-refractivity contribution in [2.24, 2.45) is 0 Å². The summed E-state index contributed by atoms with van der Waals surface area (Å²) < 4.78 is 16.2. The predicted molar refractivity (Wildman–Crippen MR) is 112 cm³/mol. The molecule has 5 aromatic rings. The highest BCUT2D eigenvalue weighted by Crippen LogP contribution is 2.41. The zero-order chi connectivity index (χ0) is 18.3. The van der Waals surface area contributed by atoms with Gasteiger partial charge in [-0.05, 0) is 17.5 Å². The van der Waals surface area contributed by atoms with Gasteiger partial charge in [0.05, 0.1) is 5.52 Å². The van der Waals surface area contributed by atoms with Crippen molar-refractivity contribution in [1.29, 1.82) is 0 Å². The Labute approximate surface area is 157 Å². The monoisotopic (exact) mass is 368 g/mol. The number of fused-ring (bicyclic) bond motifs is 2. The third-order valence-electron chi connectivity index (χ3n) is 4.87. The molecule has 0 radical (unpaired) electrons. The molecule has 3 aromatic carbocycles. The molecule has 0 unspecified atom stereocenters. The Bertz CT molecular complexity index is 1200. The summed E-state index contributed by atoms with van der Waals surface area (Å²) in [7, 11) is -3.05. The summed E-state index contributed by atoms with van der Waals surface area (Å²) in [4.78, 5) is 0. The Kier molecular flexibility index (Phi) is 3.70. The molecule has 3 nitrogen and oxygen atoms in total. The predicted octanol–water partition coefficient (Wildman–Crippen LogP) is 4.13. The molecular weight excluding hydrogens is 351 g/mol. The van der Waals surface area contributed by atoms with Crippen LogP contribution in [0.15, 0.2) is 103 Å². The molecule has 0 aliphatic rings. The van der Waals surface area contributed by atoms with Crippen LogP contribution in [0.25, 0.3) is 16.3 Å². The van der Waals surface area contributed by atoms with Crippen LogP contribution in [0.4, 0.5) is 0 Å². The van der Waals surface area contributed by atoms with Gasteiger partial charge in [0.2, 0.25) is 0 Å². The molecule has 0 saturated heterocycles. The second-order valence-electron chi connectivity index (χ2n) is 6.55. The molecule has 0 saturated carbocycles. The van der Waals surface area contributed by atoms with E-state index >= 15 is 0 Å². The first-order chi connectivity index (χ1) is 13.2. The first-order valence-corrected chi connectivity index (χ1v) is 10.6. The van der Waals surface area contributed by atoms with Crippen molar-refractivity contribution in [3.8, 4) is 0 Å². The molecule has 0 amide bonds. The largest absolute Gasteiger partial charge is 0.307 e. The zero-order valence-corrected chi connectivity index (χ0v) is 15.5. The molecule has 0 bridgehead atoms. The first kappa shape index (κ1) is 16.0. The van der Waals surface area contributed by atoms with E-state index in [1.54, 1.807) is 0 Å². The Morgan fingerprint density at radius 1 is 0.667 bits per heavy atom. The second kappa shape index (κ2) is 6.22. The van der Waals surface area contributed by atoms with Crippen LogP contribution in [0.2, 0.25) is 0 Å². The summed E-state index contributed by atoms with van der Waals surface area (Å²) in [6.07, 6.45) is 1.99. The number of nitrogens with zero attached hydrogens (tertiary/aromatic N) is 2. The van der Waals surface area contributed by atoms with Crippen LogP contribution in [0.1, 0.15) is 0 Å². The Morgan fingerprint density at radius 3 is 1.85 bits per heavy atom. The van der Waals surface area contributed by atoms with Crippen LogP contribution in [0.3, 0.4) is 0 Å². The molecule has 0 aliphatic carbocycles. The standard InChI is InChI=1S/C23H17N2OP/c26-27(21-11-3-1-4-12-21,22-13-5-2-6-14-22)23-16-20-15-18-9-7-8-10-19(18)17-25(20)24-23/h1-17H. The lowest BCUT2D eigenvalue weighted by Gasteiger charge is -2.16. The van der Waals surface area contributed by atoms with E-state index in [9.17, 15) is 4.57 Å². The topological polar surface area (TPSA) is 34.4 Å². The number of rotatable bonds is 3. The Morgan fingerprint density at radius 2 is 1.22 bits per heavy atom. The van der Waals surface area contributed by atoms with Crippen molar-refractivity contribution >= 4 is 39.5 Å². The van der Waals surface area contributed by atoms with E-state index in [0.717, 1.165) is 26.9 Å². The normalized spacial score (nSPS) is 11.9. The Balaban J connectivity index is 1.80. The minimum absolute atomic E-state index is 0.607. The summed E-state index contributed by atoms with van der Waals surface area (Å²) in [6.45, 7) is 0. The van der Waals surface area contributed by atoms with Crippen molar-refractivity contribution in [3.63, 3.8) is 0 Å². The van der Waals surface area contributed by atoms with Gasteiger partial charge in [-0.15, -0.1) is 0 Å². The summed E-state index contributed by atoms with van der Waals surface area (Å²) in [5.41, 5.74) is 1.55. The van der Waals surface area contributed by atoms with Crippen LogP contribution in [-0.2, 0) is 4.57 Å². The molecule has 0 atom stereocenters. The van der Waals surface area contributed by atoms with Crippen molar-refractivity contribution in [2.75, 3.05) is 0 Å². The van der Waals surface area contributed by atoms with Gasteiger partial charge in [-0.3, -0.25) is 0 Å². The summed E-state index contributed by atoms with van der Waals surface area (Å²) in [6, 6.07) is 31.5. The van der Waals surface area contributed by atoms with Gasteiger partial charge >= 0.3 is 0 Å². The fourth-order valence-electron chi connectivity index (χ4n) is 3.50. The first-order valence-electron chi connectivity index (χ1n) is 8.85. The van der Waals surface area contributed by atoms with E-state index in [-0.39, 0.29) is 0 Å². The average Bonchev–Trinajstić information content (AvgIpc) is 3.16. The number of benzene rings is 3. The lowest BCUT2D eigenvalue weighted by atomic mass is 10.2. The van der Waals surface area contributed by atoms with Crippen molar-refractivity contribution in [3.05, 3.63) is 103 Å². The fourth-order valence-corrected chi connectivity index (χ4v) is 6.05. The third-order valence-corrected chi connectivity index (χ3v) is 7.79. The van der Waals surface area contributed by atoms with Crippen LogP contribution >= 0.6 is 7.14 Å². The molecule has 27 heavy (non-hydrogen) atoms. The van der Waals surface area contributed by atoms with Crippen molar-refractivity contribution < 1.29 is 4.57 Å². The minimum Gasteiger partial charge on any atom is -0.307 e. The third kappa shape index (κ3) is 2.59. The lowest BCUT2D eigenvalue weighted by molar-refractivity contribution is 0.592. The second-order valence-corrected chi connectivity index (χ2v) is 9.26. The van der Waals surface area contributed by atoms with Gasteiger partial charge in [0.15, 0.2) is 7.14 Å². The Hall–Kier alpha value is -3.16. The number of hydrogen-bond acceptors (Lipinski definition) is 2. The molecular formula is C23H17N2OP. The fraction of sp³-hybridized carbons (Fsp3) is 0. The van der Waals surface area contributed by atoms with E-state index in [2.05, 4.69) is 18.2 Å². The molecule has 5 rings (SSSR count). The quantitative estimate of drug-likeness (QED) is 0.449. The molecule has 0 spiro atoms. The van der Waals surface area contributed by atoms with Crippen molar-refractivity contribution in [1.82, 2.24) is 9.61 Å². The number of aromatic nitrogens is 2. The van der Waals surface area contributed by atoms with Gasteiger partial charge in [0.1, 0.15) is 5.44 Å². The zero-order valence-electron chi connectivity index (χ0n) is 14.6. The maximum atomic E-state index is 14.4. The SMILES string of the molecule is O=P(c1ccccc1)(c1ccccc1)c1cc2cc3ccccc3cn2n1. The minimum atomic E-state index is -3.05. The van der Waals surface area contributed by atoms with Gasteiger partial charge in [-0.2, -0.15) is 5.10 Å². The van der Waals surface area contributed by atoms with E-state index < -0.39 is 7.14 Å². The van der Waals surface area contributed by atoms with Gasteiger partial charge in [-0.25, -0.2) is 4.52 Å². The van der Waals surface area contributed by atoms with E-state index in [1.807, 2.05) is 89.6 Å². The molecule has 130 valence electrons. The van der Waals surface area contributed by atoms with Gasteiger partial charge in [0.25, 0.3) is 0 Å². The summed E-state index contributed by atoms with van der Waals surface area (Å²) in [5.74, 6) is 0.